The van der Waals surface area contributed by atoms with Crippen molar-refractivity contribution < 1.29 is 33.7 Å². The van der Waals surface area contributed by atoms with Gasteiger partial charge in [-0.05, 0) is 13.8 Å². The Morgan fingerprint density at radius 2 is 1.50 bits per heavy atom. The fourth-order valence-electron chi connectivity index (χ4n) is 2.04. The van der Waals surface area contributed by atoms with Crippen LogP contribution in [0.1, 0.15) is 34.6 Å². The van der Waals surface area contributed by atoms with Crippen LogP contribution in [0.25, 0.3) is 11.4 Å². The largest absolute Gasteiger partial charge is 0.618 e. The Morgan fingerprint density at radius 1 is 1.00 bits per heavy atom. The molecule has 0 aliphatic heterocycles. The van der Waals surface area contributed by atoms with Crippen molar-refractivity contribution in [3.63, 3.8) is 0 Å². The smallest absolute Gasteiger partial charge is 0.338 e. The van der Waals surface area contributed by atoms with Gasteiger partial charge in [0.05, 0.1) is 24.3 Å². The molecule has 0 radical (unpaired) electrons. The van der Waals surface area contributed by atoms with E-state index in [-0.39, 0.29) is 35.7 Å². The zero-order valence-electron chi connectivity index (χ0n) is 13.3. The molecule has 0 unspecified atom stereocenters. The van der Waals surface area contributed by atoms with Gasteiger partial charge in [-0.2, -0.15) is 4.73 Å². The van der Waals surface area contributed by atoms with Crippen molar-refractivity contribution in [2.24, 2.45) is 0 Å². The molecule has 2 heterocycles. The third-order valence-electron chi connectivity index (χ3n) is 3.14. The van der Waals surface area contributed by atoms with Crippen LogP contribution in [0.3, 0.4) is 0 Å². The Kier molecular flexibility index (Phi) is 5.31. The number of rotatable bonds is 5. The van der Waals surface area contributed by atoms with E-state index in [4.69, 9.17) is 9.47 Å². The fourth-order valence-corrected chi connectivity index (χ4v) is 2.04. The highest BCUT2D eigenvalue weighted by Crippen LogP contribution is 2.15. The van der Waals surface area contributed by atoms with E-state index < -0.39 is 11.9 Å². The maximum absolute atomic E-state index is 12.0. The first-order valence-electron chi connectivity index (χ1n) is 7.30. The van der Waals surface area contributed by atoms with Gasteiger partial charge in [0.2, 0.25) is 6.20 Å². The number of pyridine rings is 2. The van der Waals surface area contributed by atoms with E-state index in [1.807, 2.05) is 0 Å². The van der Waals surface area contributed by atoms with Crippen LogP contribution >= 0.6 is 0 Å². The summed E-state index contributed by atoms with van der Waals surface area (Å²) >= 11 is 0. The van der Waals surface area contributed by atoms with Gasteiger partial charge in [0.25, 0.3) is 5.69 Å². The number of hydrogen-bond donors (Lipinski definition) is 1. The predicted octanol–water partition coefficient (Wildman–Crippen LogP) is 0.865. The summed E-state index contributed by atoms with van der Waals surface area (Å²) in [7, 11) is 0. The average Bonchev–Trinajstić information content (AvgIpc) is 2.56. The SMILES string of the molecule is CCOC(=O)c1cc[n+]([O-])c(-c2cc(C(=O)OCC)cc[n+]2O)c1. The van der Waals surface area contributed by atoms with Crippen molar-refractivity contribution in [3.8, 4) is 11.4 Å². The molecule has 0 fully saturated rings. The number of carbonyl (C=O) groups is 2. The predicted molar refractivity (Wildman–Crippen MR) is 80.1 cm³/mol. The van der Waals surface area contributed by atoms with Gasteiger partial charge in [-0.25, -0.2) is 9.59 Å². The fraction of sp³-hybridized carbons (Fsp3) is 0.250. The second-order valence-electron chi connectivity index (χ2n) is 4.71. The van der Waals surface area contributed by atoms with E-state index in [2.05, 4.69) is 0 Å². The zero-order valence-corrected chi connectivity index (χ0v) is 13.3. The van der Waals surface area contributed by atoms with Gasteiger partial charge in [-0.3, -0.25) is 5.21 Å². The normalized spacial score (nSPS) is 10.2. The molecule has 0 saturated heterocycles. The highest BCUT2D eigenvalue weighted by atomic mass is 16.5. The number of hydrogen-bond acceptors (Lipinski definition) is 6. The van der Waals surface area contributed by atoms with Crippen molar-refractivity contribution in [3.05, 3.63) is 53.0 Å². The van der Waals surface area contributed by atoms with E-state index in [0.717, 1.165) is 6.20 Å². The van der Waals surface area contributed by atoms with Gasteiger partial charge in [0.15, 0.2) is 6.20 Å². The molecule has 0 aliphatic rings. The van der Waals surface area contributed by atoms with Crippen molar-refractivity contribution in [1.29, 1.82) is 0 Å². The Balaban J connectivity index is 2.50. The number of nitrogens with zero attached hydrogens (tertiary/aromatic N) is 2. The molecular weight excluding hydrogens is 316 g/mol. The van der Waals surface area contributed by atoms with E-state index >= 15 is 0 Å². The standard InChI is InChI=1S/C16H17N2O6/c1-3-23-15(19)11-5-7-17(21)13(9-11)14-10-12(6-8-18(14)22)16(20)24-4-2/h5-10,21H,3-4H2,1-2H3/q+1. The van der Waals surface area contributed by atoms with Crippen LogP contribution in [-0.2, 0) is 9.47 Å². The summed E-state index contributed by atoms with van der Waals surface area (Å²) in [5, 5.41) is 22.0. The Bertz CT molecular complexity index is 710. The summed E-state index contributed by atoms with van der Waals surface area (Å²) in [5.41, 5.74) is 0.329. The number of ether oxygens (including phenoxy) is 2. The van der Waals surface area contributed by atoms with Gasteiger partial charge in [0, 0.05) is 29.0 Å². The molecule has 0 spiro atoms. The van der Waals surface area contributed by atoms with E-state index in [0.29, 0.717) is 9.46 Å². The third kappa shape index (κ3) is 3.60. The van der Waals surface area contributed by atoms with Gasteiger partial charge in [-0.15, -0.1) is 0 Å². The summed E-state index contributed by atoms with van der Waals surface area (Å²) in [6, 6.07) is 5.25. The van der Waals surface area contributed by atoms with Crippen molar-refractivity contribution in [2.45, 2.75) is 13.8 Å². The maximum Gasteiger partial charge on any atom is 0.338 e. The summed E-state index contributed by atoms with van der Waals surface area (Å²) in [4.78, 5) is 23.6. The first-order valence-corrected chi connectivity index (χ1v) is 7.30. The van der Waals surface area contributed by atoms with Crippen LogP contribution in [0.2, 0.25) is 0 Å². The first-order chi connectivity index (χ1) is 11.5. The third-order valence-corrected chi connectivity index (χ3v) is 3.14. The molecule has 8 heteroatoms. The molecule has 1 N–H and O–H groups in total. The first kappa shape index (κ1) is 17.2. The number of carbonyl (C=O) groups excluding carboxylic acids is 2. The molecule has 126 valence electrons. The highest BCUT2D eigenvalue weighted by molar-refractivity contribution is 5.91. The molecule has 0 saturated carbocycles. The lowest BCUT2D eigenvalue weighted by molar-refractivity contribution is -0.898. The van der Waals surface area contributed by atoms with Crippen LogP contribution in [0.15, 0.2) is 36.7 Å². The molecule has 2 aromatic rings. The quantitative estimate of drug-likeness (QED) is 0.377. The lowest BCUT2D eigenvalue weighted by Crippen LogP contribution is -2.39. The van der Waals surface area contributed by atoms with E-state index in [1.54, 1.807) is 13.8 Å². The van der Waals surface area contributed by atoms with Gasteiger partial charge < -0.3 is 14.7 Å². The van der Waals surface area contributed by atoms with Gasteiger partial charge in [-0.1, -0.05) is 0 Å². The monoisotopic (exact) mass is 333 g/mol. The Morgan fingerprint density at radius 3 is 2.04 bits per heavy atom. The van der Waals surface area contributed by atoms with Crippen LogP contribution in [-0.4, -0.2) is 30.4 Å². The highest BCUT2D eigenvalue weighted by Gasteiger charge is 2.26. The molecule has 0 atom stereocenters. The summed E-state index contributed by atoms with van der Waals surface area (Å²) < 4.78 is 10.9. The summed E-state index contributed by atoms with van der Waals surface area (Å²) in [6.07, 6.45) is 2.33. The number of esters is 2. The van der Waals surface area contributed by atoms with Crippen LogP contribution in [0.4, 0.5) is 0 Å². The topological polar surface area (TPSA) is 104 Å². The van der Waals surface area contributed by atoms with Crippen LogP contribution in [0, 0.1) is 5.21 Å². The van der Waals surface area contributed by atoms with Crippen molar-refractivity contribution in [2.75, 3.05) is 13.2 Å². The molecule has 8 nitrogen and oxygen atoms in total. The Hall–Kier alpha value is -3.16. The summed E-state index contributed by atoms with van der Waals surface area (Å²) in [6.45, 7) is 3.73. The lowest BCUT2D eigenvalue weighted by Gasteiger charge is -2.06. The maximum atomic E-state index is 12.0. The molecule has 0 amide bonds. The van der Waals surface area contributed by atoms with Crippen LogP contribution < -0.4 is 9.46 Å². The van der Waals surface area contributed by atoms with E-state index in [1.165, 1.54) is 30.5 Å². The summed E-state index contributed by atoms with van der Waals surface area (Å²) in [5.74, 6) is -1.18. The van der Waals surface area contributed by atoms with Crippen LogP contribution in [0.5, 0.6) is 0 Å². The second kappa shape index (κ2) is 7.40. The molecule has 24 heavy (non-hydrogen) atoms. The Labute approximate surface area is 138 Å². The average molecular weight is 333 g/mol. The molecule has 0 bridgehead atoms. The van der Waals surface area contributed by atoms with Crippen molar-refractivity contribution >= 4 is 11.9 Å². The zero-order chi connectivity index (χ0) is 17.7. The van der Waals surface area contributed by atoms with Gasteiger partial charge in [0.1, 0.15) is 0 Å². The molecular formula is C16H17N2O6+. The minimum Gasteiger partial charge on any atom is -0.618 e. The second-order valence-corrected chi connectivity index (χ2v) is 4.71. The molecule has 0 aliphatic carbocycles. The van der Waals surface area contributed by atoms with Crippen molar-refractivity contribution in [1.82, 2.24) is 0 Å². The molecule has 2 aromatic heterocycles. The van der Waals surface area contributed by atoms with E-state index in [9.17, 15) is 20.0 Å². The molecule has 0 aromatic carbocycles. The minimum absolute atomic E-state index is 0.0193. The number of aromatic nitrogens is 2. The van der Waals surface area contributed by atoms with Gasteiger partial charge >= 0.3 is 17.6 Å². The molecule has 2 rings (SSSR count). The lowest BCUT2D eigenvalue weighted by atomic mass is 10.1. The minimum atomic E-state index is -0.592.